The van der Waals surface area contributed by atoms with Crippen LogP contribution in [0.3, 0.4) is 0 Å². The summed E-state index contributed by atoms with van der Waals surface area (Å²) in [5, 5.41) is 10.9. The van der Waals surface area contributed by atoms with Gasteiger partial charge in [-0.3, -0.25) is 4.79 Å². The Bertz CT molecular complexity index is 136. The van der Waals surface area contributed by atoms with Crippen molar-refractivity contribution in [1.29, 1.82) is 5.26 Å². The Kier molecular flexibility index (Phi) is 3.65. The molecule has 0 aliphatic heterocycles. The molecular formula is C6H10N2O. The molecule has 3 heteroatoms. The second-order valence-electron chi connectivity index (χ2n) is 1.81. The van der Waals surface area contributed by atoms with Crippen LogP contribution in [0.25, 0.3) is 0 Å². The Morgan fingerprint density at radius 2 is 2.44 bits per heavy atom. The number of carbonyl (C=O) groups is 1. The SMILES string of the molecule is CNC(CC#N)C(C)=O. The number of likely N-dealkylation sites (N-methyl/N-ethyl adjacent to an activating group) is 1. The molecule has 1 atom stereocenters. The van der Waals surface area contributed by atoms with Crippen molar-refractivity contribution in [3.8, 4) is 6.07 Å². The molecule has 0 rings (SSSR count). The number of nitrogens with zero attached hydrogens (tertiary/aromatic N) is 1. The Balaban J connectivity index is 3.71. The molecule has 0 heterocycles. The van der Waals surface area contributed by atoms with Crippen LogP contribution in [-0.2, 0) is 4.79 Å². The second kappa shape index (κ2) is 4.04. The first-order valence-electron chi connectivity index (χ1n) is 2.77. The molecule has 0 bridgehead atoms. The number of hydrogen-bond acceptors (Lipinski definition) is 3. The lowest BCUT2D eigenvalue weighted by Crippen LogP contribution is -2.31. The third-order valence-electron chi connectivity index (χ3n) is 1.13. The van der Waals surface area contributed by atoms with Crippen molar-refractivity contribution in [3.05, 3.63) is 0 Å². The number of hydrogen-bond donors (Lipinski definition) is 1. The third-order valence-corrected chi connectivity index (χ3v) is 1.13. The van der Waals surface area contributed by atoms with E-state index < -0.39 is 0 Å². The van der Waals surface area contributed by atoms with Crippen LogP contribution in [0.15, 0.2) is 0 Å². The fraction of sp³-hybridized carbons (Fsp3) is 0.667. The maximum atomic E-state index is 10.6. The summed E-state index contributed by atoms with van der Waals surface area (Å²) in [5.41, 5.74) is 0. The standard InChI is InChI=1S/C6H10N2O/c1-5(9)6(8-2)3-4-7/h6,8H,3H2,1-2H3. The molecule has 0 amide bonds. The number of rotatable bonds is 3. The zero-order valence-electron chi connectivity index (χ0n) is 5.64. The zero-order valence-corrected chi connectivity index (χ0v) is 5.64. The fourth-order valence-electron chi connectivity index (χ4n) is 0.540. The first-order valence-corrected chi connectivity index (χ1v) is 2.77. The Hall–Kier alpha value is -0.880. The molecule has 0 aliphatic carbocycles. The van der Waals surface area contributed by atoms with Crippen LogP contribution in [0.1, 0.15) is 13.3 Å². The van der Waals surface area contributed by atoms with Gasteiger partial charge in [0.25, 0.3) is 0 Å². The summed E-state index contributed by atoms with van der Waals surface area (Å²) in [7, 11) is 1.67. The normalized spacial score (nSPS) is 12.1. The summed E-state index contributed by atoms with van der Waals surface area (Å²) >= 11 is 0. The van der Waals surface area contributed by atoms with Gasteiger partial charge in [-0.05, 0) is 14.0 Å². The van der Waals surface area contributed by atoms with Gasteiger partial charge < -0.3 is 5.32 Å². The highest BCUT2D eigenvalue weighted by Crippen LogP contribution is 1.89. The van der Waals surface area contributed by atoms with Gasteiger partial charge in [-0.25, -0.2) is 0 Å². The van der Waals surface area contributed by atoms with Crippen molar-refractivity contribution >= 4 is 5.78 Å². The predicted molar refractivity (Wildman–Crippen MR) is 33.8 cm³/mol. The molecular weight excluding hydrogens is 116 g/mol. The number of nitrogens with one attached hydrogen (secondary N) is 1. The lowest BCUT2D eigenvalue weighted by Gasteiger charge is -2.05. The smallest absolute Gasteiger partial charge is 0.147 e. The van der Waals surface area contributed by atoms with Gasteiger partial charge in [0.05, 0.1) is 18.5 Å². The summed E-state index contributed by atoms with van der Waals surface area (Å²) in [4.78, 5) is 10.6. The second-order valence-corrected chi connectivity index (χ2v) is 1.81. The zero-order chi connectivity index (χ0) is 7.28. The average Bonchev–Trinajstić information content (AvgIpc) is 1.82. The van der Waals surface area contributed by atoms with E-state index in [0.29, 0.717) is 0 Å². The van der Waals surface area contributed by atoms with Crippen molar-refractivity contribution in [2.75, 3.05) is 7.05 Å². The van der Waals surface area contributed by atoms with E-state index in [0.717, 1.165) is 0 Å². The molecule has 0 fully saturated rings. The Labute approximate surface area is 54.7 Å². The van der Waals surface area contributed by atoms with E-state index in [-0.39, 0.29) is 18.2 Å². The van der Waals surface area contributed by atoms with Gasteiger partial charge >= 0.3 is 0 Å². The van der Waals surface area contributed by atoms with Gasteiger partial charge in [0.1, 0.15) is 5.78 Å². The molecule has 1 N–H and O–H groups in total. The predicted octanol–water partition coefficient (Wildman–Crippen LogP) is 0.0771. The van der Waals surface area contributed by atoms with Crippen molar-refractivity contribution in [3.63, 3.8) is 0 Å². The van der Waals surface area contributed by atoms with Crippen LogP contribution in [0.5, 0.6) is 0 Å². The van der Waals surface area contributed by atoms with Gasteiger partial charge in [-0.1, -0.05) is 0 Å². The summed E-state index contributed by atoms with van der Waals surface area (Å²) < 4.78 is 0. The molecule has 0 radical (unpaired) electrons. The van der Waals surface area contributed by atoms with Crippen LogP contribution >= 0.6 is 0 Å². The number of carbonyl (C=O) groups excluding carboxylic acids is 1. The van der Waals surface area contributed by atoms with Crippen molar-refractivity contribution < 1.29 is 4.79 Å². The van der Waals surface area contributed by atoms with E-state index in [9.17, 15) is 4.79 Å². The van der Waals surface area contributed by atoms with Crippen molar-refractivity contribution in [2.45, 2.75) is 19.4 Å². The number of Topliss-reactive ketones (excluding diaryl/α,β-unsaturated/α-hetero) is 1. The highest BCUT2D eigenvalue weighted by Gasteiger charge is 2.08. The number of ketones is 1. The first-order chi connectivity index (χ1) is 4.22. The van der Waals surface area contributed by atoms with Gasteiger partial charge in [-0.15, -0.1) is 0 Å². The Morgan fingerprint density at radius 3 is 2.56 bits per heavy atom. The molecule has 0 saturated carbocycles. The molecule has 0 aromatic rings. The van der Waals surface area contributed by atoms with Crippen molar-refractivity contribution in [1.82, 2.24) is 5.32 Å². The van der Waals surface area contributed by atoms with Gasteiger partial charge in [-0.2, -0.15) is 5.26 Å². The summed E-state index contributed by atoms with van der Waals surface area (Å²) in [6.07, 6.45) is 0.256. The minimum atomic E-state index is -0.282. The number of nitriles is 1. The van der Waals surface area contributed by atoms with Crippen molar-refractivity contribution in [2.24, 2.45) is 0 Å². The van der Waals surface area contributed by atoms with Crippen LogP contribution < -0.4 is 5.32 Å². The average molecular weight is 126 g/mol. The highest BCUT2D eigenvalue weighted by atomic mass is 16.1. The molecule has 9 heavy (non-hydrogen) atoms. The maximum Gasteiger partial charge on any atom is 0.147 e. The molecule has 0 spiro atoms. The topological polar surface area (TPSA) is 52.9 Å². The van der Waals surface area contributed by atoms with Crippen LogP contribution in [-0.4, -0.2) is 18.9 Å². The molecule has 0 aliphatic rings. The minimum absolute atomic E-state index is 0.0130. The van der Waals surface area contributed by atoms with Crippen LogP contribution in [0, 0.1) is 11.3 Å². The van der Waals surface area contributed by atoms with E-state index in [1.807, 2.05) is 6.07 Å². The van der Waals surface area contributed by atoms with Gasteiger partial charge in [0.2, 0.25) is 0 Å². The largest absolute Gasteiger partial charge is 0.310 e. The lowest BCUT2D eigenvalue weighted by atomic mass is 10.1. The molecule has 0 saturated heterocycles. The van der Waals surface area contributed by atoms with E-state index in [1.54, 1.807) is 7.05 Å². The van der Waals surface area contributed by atoms with Crippen LogP contribution in [0.2, 0.25) is 0 Å². The molecule has 50 valence electrons. The van der Waals surface area contributed by atoms with Gasteiger partial charge in [0, 0.05) is 0 Å². The van der Waals surface area contributed by atoms with Crippen LogP contribution in [0.4, 0.5) is 0 Å². The molecule has 0 aromatic heterocycles. The molecule has 1 unspecified atom stereocenters. The monoisotopic (exact) mass is 126 g/mol. The summed E-state index contributed by atoms with van der Waals surface area (Å²) in [6.45, 7) is 1.47. The van der Waals surface area contributed by atoms with E-state index >= 15 is 0 Å². The maximum absolute atomic E-state index is 10.6. The summed E-state index contributed by atoms with van der Waals surface area (Å²) in [5.74, 6) is 0.0130. The molecule has 3 nitrogen and oxygen atoms in total. The quantitative estimate of drug-likeness (QED) is 0.582. The molecule has 0 aromatic carbocycles. The Morgan fingerprint density at radius 1 is 1.89 bits per heavy atom. The van der Waals surface area contributed by atoms with E-state index in [4.69, 9.17) is 5.26 Å². The van der Waals surface area contributed by atoms with Gasteiger partial charge in [0.15, 0.2) is 0 Å². The highest BCUT2D eigenvalue weighted by molar-refractivity contribution is 5.81. The summed E-state index contributed by atoms with van der Waals surface area (Å²) in [6, 6.07) is 1.63. The third kappa shape index (κ3) is 2.83. The van der Waals surface area contributed by atoms with E-state index in [1.165, 1.54) is 6.92 Å². The lowest BCUT2D eigenvalue weighted by molar-refractivity contribution is -0.118. The minimum Gasteiger partial charge on any atom is -0.310 e. The fourth-order valence-corrected chi connectivity index (χ4v) is 0.540. The first kappa shape index (κ1) is 8.12. The van der Waals surface area contributed by atoms with E-state index in [2.05, 4.69) is 5.32 Å².